The van der Waals surface area contributed by atoms with E-state index in [2.05, 4.69) is 30.9 Å². The van der Waals surface area contributed by atoms with Gasteiger partial charge >= 0.3 is 5.97 Å². The largest absolute Gasteiger partial charge is 0.478 e. The summed E-state index contributed by atoms with van der Waals surface area (Å²) in [4.78, 5) is 63.3. The van der Waals surface area contributed by atoms with Crippen molar-refractivity contribution >= 4 is 52.0 Å². The Kier molecular flexibility index (Phi) is 18.0. The third kappa shape index (κ3) is 13.8. The second-order valence-corrected chi connectivity index (χ2v) is 22.5. The summed E-state index contributed by atoms with van der Waals surface area (Å²) in [6, 6.07) is 28.3. The Hall–Kier alpha value is -8.00. The normalized spacial score (nSPS) is 20.2. The Bertz CT molecular complexity index is 3490. The fourth-order valence-electron chi connectivity index (χ4n) is 11.4. The molecular weight excluding hydrogens is 1060 g/mol. The number of nitrogens with one attached hydrogen (secondary N) is 4. The van der Waals surface area contributed by atoms with Crippen LogP contribution in [0.4, 0.5) is 20.2 Å². The standard InChI is InChI=1S/C32H34FN5O3.C23H29FN4O2.C10H8O2/c1-41-25-18-29(38(19-25)31(40)22-5-4-21-9-15-36-27(21)16-22)30(39)37-28-17-24(6-7-26(28)33)32(34,12-8-20-2-3-20)23-10-13-35-14-11-23;1-30-18-13-21(27-14-18)22(29)28-20-12-17(4-5-19(20)24)23(25,9-6-15-2-3-15)16-7-10-26-11-8-16;11-10(12)9-5-4-7-2-1-3-8(7)6-9/h4-7,9-11,13-17,20,25,29,36H,2-3,8,12,18-19,34H2,1H3,(H,37,39);4-5,7-8,10-12,15,18,21,27H,2-3,6,9,13-14,25H2,1H3,(H,28,29);1-2,4-6H,3H2,(H,11,12)/t25-,29-,32?;18-,21-,23?;/m11./s1. The summed E-state index contributed by atoms with van der Waals surface area (Å²) >= 11 is 0. The summed E-state index contributed by atoms with van der Waals surface area (Å²) in [5, 5.41) is 18.3. The molecule has 3 aliphatic carbocycles. The fourth-order valence-corrected chi connectivity index (χ4v) is 11.4. The van der Waals surface area contributed by atoms with Crippen molar-refractivity contribution in [2.75, 3.05) is 37.9 Å². The average Bonchev–Trinajstić information content (AvgIpc) is 4.17. The van der Waals surface area contributed by atoms with E-state index in [0.717, 1.165) is 70.3 Å². The number of rotatable bonds is 18. The Balaban J connectivity index is 0.000000159. The Labute approximate surface area is 481 Å². The molecule has 3 aromatic heterocycles. The molecule has 4 fully saturated rings. The van der Waals surface area contributed by atoms with Crippen molar-refractivity contribution in [2.45, 2.75) is 106 Å². The van der Waals surface area contributed by atoms with Crippen LogP contribution in [0, 0.1) is 23.5 Å². The number of likely N-dealkylation sites (tertiary alicyclic amines) is 1. The number of fused-ring (bicyclic) bond motifs is 2. The number of nitrogens with two attached hydrogens (primary N) is 2. The van der Waals surface area contributed by atoms with Crippen LogP contribution < -0.4 is 27.4 Å². The van der Waals surface area contributed by atoms with Gasteiger partial charge in [0.25, 0.3) is 5.91 Å². The van der Waals surface area contributed by atoms with Gasteiger partial charge in [0, 0.05) is 75.8 Å². The molecule has 18 heteroatoms. The molecule has 432 valence electrons. The molecular formula is C65H71F2N9O7. The Morgan fingerprint density at radius 1 is 0.687 bits per heavy atom. The number of hydrogen-bond donors (Lipinski definition) is 7. The van der Waals surface area contributed by atoms with E-state index in [-0.39, 0.29) is 41.9 Å². The highest BCUT2D eigenvalue weighted by Gasteiger charge is 2.41. The molecule has 12 rings (SSSR count). The van der Waals surface area contributed by atoms with Gasteiger partial charge in [0.05, 0.1) is 46.3 Å². The summed E-state index contributed by atoms with van der Waals surface area (Å²) in [6.45, 7) is 0.861. The molecule has 5 aliphatic rings. The number of aromatic nitrogens is 3. The van der Waals surface area contributed by atoms with E-state index in [1.165, 1.54) is 42.7 Å². The topological polar surface area (TPSA) is 240 Å². The first-order chi connectivity index (χ1) is 40.1. The number of allylic oxidation sites excluding steroid dienone is 1. The maximum absolute atomic E-state index is 15.1. The van der Waals surface area contributed by atoms with Crippen LogP contribution in [-0.2, 0) is 36.6 Å². The number of carboxylic acids is 1. The van der Waals surface area contributed by atoms with Crippen molar-refractivity contribution < 1.29 is 42.5 Å². The highest BCUT2D eigenvalue weighted by Crippen LogP contribution is 2.42. The zero-order valence-electron chi connectivity index (χ0n) is 46.7. The molecule has 2 aliphatic heterocycles. The lowest BCUT2D eigenvalue weighted by Crippen LogP contribution is -2.43. The van der Waals surface area contributed by atoms with Gasteiger partial charge < -0.3 is 51.9 Å². The average molecular weight is 1130 g/mol. The number of aromatic amines is 1. The van der Waals surface area contributed by atoms with Crippen molar-refractivity contribution in [3.05, 3.63) is 196 Å². The number of halogens is 2. The molecule has 4 aromatic carbocycles. The summed E-state index contributed by atoms with van der Waals surface area (Å²) < 4.78 is 40.5. The van der Waals surface area contributed by atoms with Gasteiger partial charge in [0.2, 0.25) is 11.8 Å². The molecule has 83 heavy (non-hydrogen) atoms. The molecule has 9 N–H and O–H groups in total. The number of carboxylic acid groups (broad SMARTS) is 1. The minimum atomic E-state index is -0.869. The zero-order chi connectivity index (χ0) is 58.3. The minimum absolute atomic E-state index is 0.0114. The van der Waals surface area contributed by atoms with Crippen molar-refractivity contribution in [3.8, 4) is 0 Å². The first kappa shape index (κ1) is 58.2. The quantitative estimate of drug-likeness (QED) is 0.0425. The van der Waals surface area contributed by atoms with Crippen LogP contribution in [-0.4, -0.2) is 100 Å². The number of pyridine rings is 2. The van der Waals surface area contributed by atoms with Crippen LogP contribution in [0.15, 0.2) is 140 Å². The zero-order valence-corrected chi connectivity index (χ0v) is 46.7. The van der Waals surface area contributed by atoms with Crippen LogP contribution in [0.25, 0.3) is 17.0 Å². The second-order valence-electron chi connectivity index (χ2n) is 22.5. The van der Waals surface area contributed by atoms with Gasteiger partial charge in [-0.1, -0.05) is 62.1 Å². The minimum Gasteiger partial charge on any atom is -0.478 e. The molecule has 0 bridgehead atoms. The first-order valence-corrected chi connectivity index (χ1v) is 28.4. The monoisotopic (exact) mass is 1130 g/mol. The van der Waals surface area contributed by atoms with Gasteiger partial charge in [0.1, 0.15) is 17.7 Å². The molecule has 5 heterocycles. The lowest BCUT2D eigenvalue weighted by atomic mass is 9.79. The smallest absolute Gasteiger partial charge is 0.335 e. The number of hydrogen-bond acceptors (Lipinski definition) is 11. The van der Waals surface area contributed by atoms with Gasteiger partial charge in [0.15, 0.2) is 0 Å². The molecule has 0 spiro atoms. The van der Waals surface area contributed by atoms with Crippen molar-refractivity contribution in [2.24, 2.45) is 23.3 Å². The lowest BCUT2D eigenvalue weighted by molar-refractivity contribution is -0.120. The summed E-state index contributed by atoms with van der Waals surface area (Å²) in [6.07, 6.45) is 22.4. The van der Waals surface area contributed by atoms with Crippen molar-refractivity contribution in [1.82, 2.24) is 25.2 Å². The van der Waals surface area contributed by atoms with E-state index >= 15 is 4.39 Å². The molecule has 3 amide bonds. The number of aromatic carboxylic acids is 1. The van der Waals surface area contributed by atoms with Crippen LogP contribution in [0.5, 0.6) is 0 Å². The van der Waals surface area contributed by atoms with Gasteiger partial charge in [-0.05, 0) is 168 Å². The number of ether oxygens (including phenoxy) is 2. The molecule has 2 saturated heterocycles. The van der Waals surface area contributed by atoms with E-state index in [9.17, 15) is 23.6 Å². The number of carbonyl (C=O) groups excluding carboxylic acids is 3. The molecule has 16 nitrogen and oxygen atoms in total. The number of methoxy groups -OCH3 is 2. The number of carbonyl (C=O) groups is 4. The number of amides is 3. The number of nitrogens with zero attached hydrogens (tertiary/aromatic N) is 3. The van der Waals surface area contributed by atoms with Crippen molar-refractivity contribution in [3.63, 3.8) is 0 Å². The number of benzene rings is 4. The third-order valence-corrected chi connectivity index (χ3v) is 16.9. The second kappa shape index (κ2) is 25.6. The predicted octanol–water partition coefficient (Wildman–Crippen LogP) is 9.85. The van der Waals surface area contributed by atoms with E-state index in [4.69, 9.17) is 26.0 Å². The van der Waals surface area contributed by atoms with E-state index < -0.39 is 46.7 Å². The molecule has 2 unspecified atom stereocenters. The van der Waals surface area contributed by atoms with Gasteiger partial charge in [-0.3, -0.25) is 24.4 Å². The summed E-state index contributed by atoms with van der Waals surface area (Å²) in [5.41, 5.74) is 19.7. The van der Waals surface area contributed by atoms with E-state index in [0.29, 0.717) is 48.4 Å². The van der Waals surface area contributed by atoms with E-state index in [1.54, 1.807) is 87.5 Å². The third-order valence-electron chi connectivity index (χ3n) is 16.9. The lowest BCUT2D eigenvalue weighted by Gasteiger charge is -2.31. The molecule has 6 atom stereocenters. The number of H-pyrrole nitrogens is 1. The Morgan fingerprint density at radius 2 is 1.27 bits per heavy atom. The van der Waals surface area contributed by atoms with Crippen LogP contribution >= 0.6 is 0 Å². The van der Waals surface area contributed by atoms with Crippen LogP contribution in [0.3, 0.4) is 0 Å². The fraction of sp³-hybridized carbons (Fsp3) is 0.354. The number of anilines is 2. The van der Waals surface area contributed by atoms with Gasteiger partial charge in [-0.15, -0.1) is 0 Å². The van der Waals surface area contributed by atoms with Gasteiger partial charge in [-0.2, -0.15) is 0 Å². The maximum Gasteiger partial charge on any atom is 0.335 e. The maximum atomic E-state index is 15.1. The van der Waals surface area contributed by atoms with Gasteiger partial charge in [-0.25, -0.2) is 13.6 Å². The first-order valence-electron chi connectivity index (χ1n) is 28.4. The molecule has 2 saturated carbocycles. The highest BCUT2D eigenvalue weighted by atomic mass is 19.1. The highest BCUT2D eigenvalue weighted by molar-refractivity contribution is 6.03. The summed E-state index contributed by atoms with van der Waals surface area (Å²) in [7, 11) is 3.18. The molecule has 0 radical (unpaired) electrons. The SMILES string of the molecule is CO[C@@H]1C[C@H](C(=O)Nc2cc(C(N)(CCC3CC3)c3ccncc3)ccc2F)N(C(=O)c2ccc3cc[nH]c3c2)C1.CO[C@H]1CN[C@@H](C(=O)Nc2cc(C(N)(CCC3CC3)c3ccncc3)ccc2F)C1.O=C(O)c1ccc2c(c1)CC=C2. The predicted molar refractivity (Wildman–Crippen MR) is 314 cm³/mol. The van der Waals surface area contributed by atoms with Crippen molar-refractivity contribution in [1.29, 1.82) is 0 Å². The Morgan fingerprint density at radius 3 is 1.82 bits per heavy atom. The van der Waals surface area contributed by atoms with E-state index in [1.807, 2.05) is 60.8 Å². The van der Waals surface area contributed by atoms with Crippen LogP contribution in [0.2, 0.25) is 0 Å². The van der Waals surface area contributed by atoms with Crippen LogP contribution in [0.1, 0.15) is 118 Å². The molecule has 7 aromatic rings. The summed E-state index contributed by atoms with van der Waals surface area (Å²) in [5.74, 6) is -1.55.